The van der Waals surface area contributed by atoms with E-state index >= 15 is 0 Å². The number of nitrogens with one attached hydrogen (secondary N) is 1. The van der Waals surface area contributed by atoms with Crippen LogP contribution in [0.15, 0.2) is 24.4 Å². The zero-order chi connectivity index (χ0) is 18.9. The molecule has 0 spiro atoms. The number of aromatic nitrogens is 3. The van der Waals surface area contributed by atoms with E-state index in [1.807, 2.05) is 0 Å². The summed E-state index contributed by atoms with van der Waals surface area (Å²) in [6.45, 7) is 0.377. The molecular formula is C18H21F3N4O2. The van der Waals surface area contributed by atoms with E-state index in [1.54, 1.807) is 24.4 Å². The van der Waals surface area contributed by atoms with E-state index in [0.717, 1.165) is 0 Å². The second kappa shape index (κ2) is 7.38. The molecule has 0 radical (unpaired) electrons. The molecule has 27 heavy (non-hydrogen) atoms. The van der Waals surface area contributed by atoms with E-state index < -0.39 is 12.6 Å². The molecule has 0 aromatic carbocycles. The van der Waals surface area contributed by atoms with Crippen molar-refractivity contribution in [2.24, 2.45) is 0 Å². The van der Waals surface area contributed by atoms with Crippen molar-refractivity contribution in [1.29, 1.82) is 0 Å². The number of pyridine rings is 1. The van der Waals surface area contributed by atoms with Crippen molar-refractivity contribution in [3.8, 4) is 11.6 Å². The molecule has 146 valence electrons. The molecule has 1 saturated heterocycles. The van der Waals surface area contributed by atoms with E-state index in [4.69, 9.17) is 9.47 Å². The lowest BCUT2D eigenvalue weighted by Gasteiger charge is -2.30. The molecule has 1 aliphatic heterocycles. The maximum atomic E-state index is 13.4. The molecule has 3 heterocycles. The Balaban J connectivity index is 1.55. The molecule has 2 aromatic rings. The molecule has 1 N–H and O–H groups in total. The number of anilines is 1. The third-order valence-electron chi connectivity index (χ3n) is 4.78. The molecule has 2 fully saturated rings. The molecule has 2 aliphatic rings. The van der Waals surface area contributed by atoms with Crippen LogP contribution in [0.5, 0.6) is 5.75 Å². The van der Waals surface area contributed by atoms with Crippen molar-refractivity contribution in [3.05, 3.63) is 30.1 Å². The SMILES string of the molecule is FCc1ccn(-c2cc(OC3COC3)cc(NC3CCC(F)(F)CC3)n2)n1. The first-order valence-electron chi connectivity index (χ1n) is 9.02. The average molecular weight is 382 g/mol. The second-order valence-electron chi connectivity index (χ2n) is 6.98. The molecule has 4 rings (SSSR count). The number of nitrogens with zero attached hydrogens (tertiary/aromatic N) is 3. The smallest absolute Gasteiger partial charge is 0.248 e. The summed E-state index contributed by atoms with van der Waals surface area (Å²) in [5.74, 6) is -1.01. The van der Waals surface area contributed by atoms with Crippen LogP contribution < -0.4 is 10.1 Å². The van der Waals surface area contributed by atoms with Gasteiger partial charge in [-0.25, -0.2) is 22.8 Å². The lowest BCUT2D eigenvalue weighted by molar-refractivity contribution is -0.0796. The Kier molecular flexibility index (Phi) is 4.94. The summed E-state index contributed by atoms with van der Waals surface area (Å²) in [5, 5.41) is 7.36. The first-order chi connectivity index (χ1) is 13.0. The van der Waals surface area contributed by atoms with Crippen molar-refractivity contribution in [3.63, 3.8) is 0 Å². The number of alkyl halides is 3. The summed E-state index contributed by atoms with van der Waals surface area (Å²) < 4.78 is 52.0. The zero-order valence-corrected chi connectivity index (χ0v) is 14.7. The molecule has 0 unspecified atom stereocenters. The van der Waals surface area contributed by atoms with Gasteiger partial charge in [0.2, 0.25) is 5.92 Å². The van der Waals surface area contributed by atoms with Crippen LogP contribution in [0.1, 0.15) is 31.4 Å². The fourth-order valence-corrected chi connectivity index (χ4v) is 3.18. The van der Waals surface area contributed by atoms with Gasteiger partial charge in [-0.15, -0.1) is 0 Å². The second-order valence-corrected chi connectivity index (χ2v) is 6.98. The lowest BCUT2D eigenvalue weighted by atomic mass is 9.92. The van der Waals surface area contributed by atoms with Gasteiger partial charge in [-0.1, -0.05) is 0 Å². The predicted molar refractivity (Wildman–Crippen MR) is 92.2 cm³/mol. The van der Waals surface area contributed by atoms with Crippen LogP contribution in [0.2, 0.25) is 0 Å². The number of hydrogen-bond acceptors (Lipinski definition) is 5. The first kappa shape index (κ1) is 18.1. The topological polar surface area (TPSA) is 61.2 Å². The van der Waals surface area contributed by atoms with Crippen LogP contribution in [0.4, 0.5) is 19.0 Å². The molecule has 6 nitrogen and oxygen atoms in total. The minimum Gasteiger partial charge on any atom is -0.485 e. The molecule has 0 bridgehead atoms. The van der Waals surface area contributed by atoms with Gasteiger partial charge in [0.25, 0.3) is 0 Å². The molecule has 1 saturated carbocycles. The molecule has 0 atom stereocenters. The van der Waals surface area contributed by atoms with Crippen LogP contribution in [0.25, 0.3) is 5.82 Å². The normalized spacial score (nSPS) is 20.3. The summed E-state index contributed by atoms with van der Waals surface area (Å²) in [5.41, 5.74) is 0.305. The Hall–Kier alpha value is -2.29. The Bertz CT molecular complexity index is 785. The molecule has 0 amide bonds. The third kappa shape index (κ3) is 4.35. The Morgan fingerprint density at radius 2 is 2.04 bits per heavy atom. The van der Waals surface area contributed by atoms with Gasteiger partial charge in [0.1, 0.15) is 24.3 Å². The number of hydrogen-bond donors (Lipinski definition) is 1. The van der Waals surface area contributed by atoms with Gasteiger partial charge in [0.15, 0.2) is 5.82 Å². The van der Waals surface area contributed by atoms with Crippen LogP contribution in [0.3, 0.4) is 0 Å². The van der Waals surface area contributed by atoms with Crippen LogP contribution in [-0.2, 0) is 11.4 Å². The van der Waals surface area contributed by atoms with Gasteiger partial charge >= 0.3 is 0 Å². The van der Waals surface area contributed by atoms with Crippen LogP contribution in [-0.4, -0.2) is 46.0 Å². The molecule has 1 aliphatic carbocycles. The van der Waals surface area contributed by atoms with Gasteiger partial charge in [-0.05, 0) is 18.9 Å². The quantitative estimate of drug-likeness (QED) is 0.829. The largest absolute Gasteiger partial charge is 0.485 e. The fraction of sp³-hybridized carbons (Fsp3) is 0.556. The molecule has 2 aromatic heterocycles. The lowest BCUT2D eigenvalue weighted by Crippen LogP contribution is -2.38. The van der Waals surface area contributed by atoms with Crippen molar-refractivity contribution >= 4 is 5.82 Å². The molecular weight excluding hydrogens is 361 g/mol. The fourth-order valence-electron chi connectivity index (χ4n) is 3.18. The number of ether oxygens (including phenoxy) is 2. The van der Waals surface area contributed by atoms with Gasteiger partial charge < -0.3 is 14.8 Å². The summed E-state index contributed by atoms with van der Waals surface area (Å²) >= 11 is 0. The highest BCUT2D eigenvalue weighted by molar-refractivity contribution is 5.47. The minimum atomic E-state index is -2.58. The van der Waals surface area contributed by atoms with E-state index in [9.17, 15) is 13.2 Å². The van der Waals surface area contributed by atoms with Crippen molar-refractivity contribution in [2.75, 3.05) is 18.5 Å². The van der Waals surface area contributed by atoms with E-state index in [1.165, 1.54) is 4.68 Å². The maximum Gasteiger partial charge on any atom is 0.248 e. The Morgan fingerprint density at radius 1 is 1.26 bits per heavy atom. The number of rotatable bonds is 6. The van der Waals surface area contributed by atoms with Gasteiger partial charge in [0.05, 0.1) is 18.9 Å². The van der Waals surface area contributed by atoms with E-state index in [2.05, 4.69) is 15.4 Å². The average Bonchev–Trinajstić information content (AvgIpc) is 3.09. The Morgan fingerprint density at radius 3 is 2.67 bits per heavy atom. The monoisotopic (exact) mass is 382 g/mol. The van der Waals surface area contributed by atoms with Gasteiger partial charge in [-0.2, -0.15) is 5.10 Å². The standard InChI is InChI=1S/C18H21F3N4O2/c19-9-13-3-6-25(24-13)17-8-14(27-15-10-26-11-15)7-16(23-17)22-12-1-4-18(20,21)5-2-12/h3,6-8,12,15H,1-2,4-5,9-11H2,(H,22,23). The highest BCUT2D eigenvalue weighted by Crippen LogP contribution is 2.34. The zero-order valence-electron chi connectivity index (χ0n) is 14.7. The third-order valence-corrected chi connectivity index (χ3v) is 4.78. The molecule has 9 heteroatoms. The number of halogens is 3. The van der Waals surface area contributed by atoms with Crippen LogP contribution >= 0.6 is 0 Å². The minimum absolute atomic E-state index is 0.0273. The first-order valence-corrected chi connectivity index (χ1v) is 9.02. The van der Waals surface area contributed by atoms with Gasteiger partial charge in [0, 0.05) is 37.2 Å². The summed E-state index contributed by atoms with van der Waals surface area (Å²) in [6, 6.07) is 4.96. The van der Waals surface area contributed by atoms with Crippen molar-refractivity contribution in [1.82, 2.24) is 14.8 Å². The van der Waals surface area contributed by atoms with Crippen molar-refractivity contribution < 1.29 is 22.6 Å². The van der Waals surface area contributed by atoms with Crippen molar-refractivity contribution in [2.45, 2.75) is 50.4 Å². The maximum absolute atomic E-state index is 13.4. The van der Waals surface area contributed by atoms with Gasteiger partial charge in [-0.3, -0.25) is 0 Å². The summed E-state index contributed by atoms with van der Waals surface area (Å²) in [7, 11) is 0. The summed E-state index contributed by atoms with van der Waals surface area (Å²) in [6.07, 6.45) is 2.08. The highest BCUT2D eigenvalue weighted by Gasteiger charge is 2.35. The predicted octanol–water partition coefficient (Wildman–Crippen LogP) is 3.50. The highest BCUT2D eigenvalue weighted by atomic mass is 19.3. The summed E-state index contributed by atoms with van der Waals surface area (Å²) in [4.78, 5) is 4.50. The van der Waals surface area contributed by atoms with Crippen LogP contribution in [0, 0.1) is 0 Å². The Labute approximate surface area is 154 Å². The van der Waals surface area contributed by atoms with E-state index in [0.29, 0.717) is 49.1 Å². The van der Waals surface area contributed by atoms with E-state index in [-0.39, 0.29) is 25.0 Å².